The average Bonchev–Trinajstić information content (AvgIpc) is 2.83. The topological polar surface area (TPSA) is 21.3 Å². The maximum Gasteiger partial charge on any atom is 0.0657 e. The zero-order chi connectivity index (χ0) is 12.8. The Balaban J connectivity index is 1.94. The molecular weight excluding hydrogens is 222 g/mol. The molecule has 2 nitrogen and oxygen atoms in total. The fourth-order valence-corrected chi connectivity index (χ4v) is 2.90. The van der Waals surface area contributed by atoms with Crippen molar-refractivity contribution in [2.45, 2.75) is 38.6 Å². The summed E-state index contributed by atoms with van der Waals surface area (Å²) in [5, 5.41) is 3.69. The summed E-state index contributed by atoms with van der Waals surface area (Å²) in [6.45, 7) is 4.23. The summed E-state index contributed by atoms with van der Waals surface area (Å²) in [5.41, 5.74) is 1.81. The van der Waals surface area contributed by atoms with E-state index in [0.29, 0.717) is 11.5 Å². The second-order valence-electron chi connectivity index (χ2n) is 5.82. The van der Waals surface area contributed by atoms with Gasteiger partial charge >= 0.3 is 0 Å². The van der Waals surface area contributed by atoms with E-state index in [-0.39, 0.29) is 0 Å². The first-order valence-corrected chi connectivity index (χ1v) is 7.01. The van der Waals surface area contributed by atoms with Crippen molar-refractivity contribution < 1.29 is 4.74 Å². The number of methoxy groups -OCH3 is 1. The molecule has 0 amide bonds. The fourth-order valence-electron chi connectivity index (χ4n) is 2.90. The molecule has 0 bridgehead atoms. The molecule has 2 rings (SSSR count). The van der Waals surface area contributed by atoms with Gasteiger partial charge in [-0.2, -0.15) is 0 Å². The molecule has 1 saturated carbocycles. The van der Waals surface area contributed by atoms with Crippen molar-refractivity contribution in [2.75, 3.05) is 20.3 Å². The number of ether oxygens (including phenoxy) is 1. The number of rotatable bonds is 6. The summed E-state index contributed by atoms with van der Waals surface area (Å²) in [7, 11) is 1.77. The van der Waals surface area contributed by atoms with E-state index in [1.165, 1.54) is 31.2 Å². The monoisotopic (exact) mass is 247 g/mol. The zero-order valence-corrected chi connectivity index (χ0v) is 11.6. The van der Waals surface area contributed by atoms with Crippen molar-refractivity contribution in [2.24, 2.45) is 5.41 Å². The second-order valence-corrected chi connectivity index (χ2v) is 5.82. The Morgan fingerprint density at radius 3 is 2.50 bits per heavy atom. The average molecular weight is 247 g/mol. The van der Waals surface area contributed by atoms with Crippen LogP contribution in [0.4, 0.5) is 0 Å². The lowest BCUT2D eigenvalue weighted by atomic mass is 9.88. The normalized spacial score (nSPS) is 19.9. The van der Waals surface area contributed by atoms with Crippen LogP contribution in [0.5, 0.6) is 0 Å². The van der Waals surface area contributed by atoms with E-state index in [2.05, 4.69) is 42.6 Å². The van der Waals surface area contributed by atoms with Crippen LogP contribution in [0.25, 0.3) is 0 Å². The predicted octanol–water partition coefficient (Wildman–Crippen LogP) is 3.54. The Morgan fingerprint density at radius 2 is 1.89 bits per heavy atom. The molecule has 1 fully saturated rings. The zero-order valence-electron chi connectivity index (χ0n) is 11.6. The van der Waals surface area contributed by atoms with Gasteiger partial charge in [0.15, 0.2) is 0 Å². The van der Waals surface area contributed by atoms with Gasteiger partial charge in [0.05, 0.1) is 12.6 Å². The fraction of sp³-hybridized carbons (Fsp3) is 0.625. The SMILES string of the molecule is COCC(NCC1(C)CCCC1)c1ccccc1. The first-order chi connectivity index (χ1) is 8.73. The van der Waals surface area contributed by atoms with E-state index < -0.39 is 0 Å². The molecule has 1 unspecified atom stereocenters. The third-order valence-corrected chi connectivity index (χ3v) is 4.12. The Hall–Kier alpha value is -0.860. The van der Waals surface area contributed by atoms with Crippen molar-refractivity contribution in [3.63, 3.8) is 0 Å². The lowest BCUT2D eigenvalue weighted by Gasteiger charge is -2.28. The van der Waals surface area contributed by atoms with E-state index >= 15 is 0 Å². The smallest absolute Gasteiger partial charge is 0.0657 e. The maximum absolute atomic E-state index is 5.34. The molecule has 1 atom stereocenters. The minimum absolute atomic E-state index is 0.314. The summed E-state index contributed by atoms with van der Waals surface area (Å²) in [6.07, 6.45) is 5.49. The Labute approximate surface area is 111 Å². The second kappa shape index (κ2) is 6.35. The molecule has 0 saturated heterocycles. The summed E-state index contributed by atoms with van der Waals surface area (Å²) in [4.78, 5) is 0. The first kappa shape index (κ1) is 13.6. The van der Waals surface area contributed by atoms with Crippen molar-refractivity contribution in [1.82, 2.24) is 5.32 Å². The van der Waals surface area contributed by atoms with Crippen LogP contribution >= 0.6 is 0 Å². The van der Waals surface area contributed by atoms with E-state index in [9.17, 15) is 0 Å². The van der Waals surface area contributed by atoms with E-state index in [1.54, 1.807) is 7.11 Å². The van der Waals surface area contributed by atoms with Gasteiger partial charge in [0.2, 0.25) is 0 Å². The number of benzene rings is 1. The predicted molar refractivity (Wildman–Crippen MR) is 75.6 cm³/mol. The van der Waals surface area contributed by atoms with Gasteiger partial charge in [-0.1, -0.05) is 50.1 Å². The van der Waals surface area contributed by atoms with Crippen LogP contribution in [-0.4, -0.2) is 20.3 Å². The van der Waals surface area contributed by atoms with Gasteiger partial charge in [0.25, 0.3) is 0 Å². The van der Waals surface area contributed by atoms with Crippen LogP contribution in [0, 0.1) is 5.41 Å². The number of hydrogen-bond donors (Lipinski definition) is 1. The van der Waals surface area contributed by atoms with Crippen molar-refractivity contribution in [3.8, 4) is 0 Å². The van der Waals surface area contributed by atoms with Crippen LogP contribution in [0.15, 0.2) is 30.3 Å². The molecule has 1 aromatic rings. The largest absolute Gasteiger partial charge is 0.383 e. The van der Waals surface area contributed by atoms with E-state index in [0.717, 1.165) is 13.2 Å². The lowest BCUT2D eigenvalue weighted by molar-refractivity contribution is 0.158. The summed E-state index contributed by atoms with van der Waals surface area (Å²) < 4.78 is 5.34. The molecule has 2 heteroatoms. The van der Waals surface area contributed by atoms with Gasteiger partial charge < -0.3 is 10.1 Å². The van der Waals surface area contributed by atoms with Crippen LogP contribution in [-0.2, 0) is 4.74 Å². The molecule has 0 heterocycles. The third kappa shape index (κ3) is 3.56. The van der Waals surface area contributed by atoms with E-state index in [4.69, 9.17) is 4.74 Å². The molecular formula is C16H25NO. The molecule has 0 spiro atoms. The minimum atomic E-state index is 0.314. The molecule has 0 radical (unpaired) electrons. The Bertz CT molecular complexity index is 343. The summed E-state index contributed by atoms with van der Waals surface area (Å²) >= 11 is 0. The molecule has 18 heavy (non-hydrogen) atoms. The highest BCUT2D eigenvalue weighted by molar-refractivity contribution is 5.19. The molecule has 0 aliphatic heterocycles. The maximum atomic E-state index is 5.34. The van der Waals surface area contributed by atoms with Gasteiger partial charge in [0, 0.05) is 13.7 Å². The Kier molecular flexibility index (Phi) is 4.79. The van der Waals surface area contributed by atoms with Gasteiger partial charge in [-0.05, 0) is 23.8 Å². The highest BCUT2D eigenvalue weighted by Crippen LogP contribution is 2.37. The first-order valence-electron chi connectivity index (χ1n) is 7.01. The van der Waals surface area contributed by atoms with Crippen molar-refractivity contribution in [3.05, 3.63) is 35.9 Å². The third-order valence-electron chi connectivity index (χ3n) is 4.12. The van der Waals surface area contributed by atoms with Crippen LogP contribution in [0.2, 0.25) is 0 Å². The molecule has 1 N–H and O–H groups in total. The van der Waals surface area contributed by atoms with Gasteiger partial charge in [-0.15, -0.1) is 0 Å². The highest BCUT2D eigenvalue weighted by Gasteiger charge is 2.29. The highest BCUT2D eigenvalue weighted by atomic mass is 16.5. The Morgan fingerprint density at radius 1 is 1.22 bits per heavy atom. The number of hydrogen-bond acceptors (Lipinski definition) is 2. The minimum Gasteiger partial charge on any atom is -0.383 e. The summed E-state index contributed by atoms with van der Waals surface area (Å²) in [5.74, 6) is 0. The van der Waals surface area contributed by atoms with Gasteiger partial charge in [-0.3, -0.25) is 0 Å². The number of nitrogens with one attached hydrogen (secondary N) is 1. The quantitative estimate of drug-likeness (QED) is 0.830. The molecule has 1 aliphatic rings. The molecule has 0 aromatic heterocycles. The van der Waals surface area contributed by atoms with Crippen LogP contribution in [0.3, 0.4) is 0 Å². The molecule has 1 aliphatic carbocycles. The summed E-state index contributed by atoms with van der Waals surface area (Å²) in [6, 6.07) is 10.9. The lowest BCUT2D eigenvalue weighted by Crippen LogP contribution is -2.34. The molecule has 1 aromatic carbocycles. The van der Waals surface area contributed by atoms with Gasteiger partial charge in [-0.25, -0.2) is 0 Å². The van der Waals surface area contributed by atoms with Crippen molar-refractivity contribution >= 4 is 0 Å². The van der Waals surface area contributed by atoms with Crippen molar-refractivity contribution in [1.29, 1.82) is 0 Å². The standard InChI is InChI=1S/C16H25NO/c1-16(10-6-7-11-16)13-17-15(12-18-2)14-8-4-3-5-9-14/h3-5,8-9,15,17H,6-7,10-13H2,1-2H3. The van der Waals surface area contributed by atoms with Crippen LogP contribution in [0.1, 0.15) is 44.2 Å². The molecule has 100 valence electrons. The van der Waals surface area contributed by atoms with Gasteiger partial charge in [0.1, 0.15) is 0 Å². The van der Waals surface area contributed by atoms with Crippen LogP contribution < -0.4 is 5.32 Å². The van der Waals surface area contributed by atoms with E-state index in [1.807, 2.05) is 0 Å².